The average molecular weight is 250 g/mol. The molecule has 1 aliphatic heterocycles. The third-order valence-corrected chi connectivity index (χ3v) is 2.05. The SMILES string of the molecule is Cl.Cl.O=C1CNCCN1c1cccnc1. The van der Waals surface area contributed by atoms with Crippen molar-refractivity contribution < 1.29 is 4.79 Å². The lowest BCUT2D eigenvalue weighted by atomic mass is 10.3. The van der Waals surface area contributed by atoms with Gasteiger partial charge in [-0.2, -0.15) is 0 Å². The van der Waals surface area contributed by atoms with Crippen LogP contribution in [0.1, 0.15) is 0 Å². The molecule has 1 aliphatic rings. The van der Waals surface area contributed by atoms with E-state index in [9.17, 15) is 4.79 Å². The largest absolute Gasteiger partial charge is 0.309 e. The zero-order chi connectivity index (χ0) is 9.10. The molecular weight excluding hydrogens is 237 g/mol. The molecule has 0 aromatic carbocycles. The Hall–Kier alpha value is -0.840. The first-order chi connectivity index (χ1) is 6.38. The smallest absolute Gasteiger partial charge is 0.241 e. The van der Waals surface area contributed by atoms with Gasteiger partial charge in [0, 0.05) is 19.3 Å². The van der Waals surface area contributed by atoms with E-state index in [4.69, 9.17) is 0 Å². The average Bonchev–Trinajstić information content (AvgIpc) is 2.20. The van der Waals surface area contributed by atoms with E-state index in [0.717, 1.165) is 18.8 Å². The number of piperazine rings is 1. The summed E-state index contributed by atoms with van der Waals surface area (Å²) in [6.45, 7) is 2.00. The van der Waals surface area contributed by atoms with Crippen molar-refractivity contribution in [1.29, 1.82) is 0 Å². The zero-order valence-electron chi connectivity index (χ0n) is 8.05. The molecule has 6 heteroatoms. The number of rotatable bonds is 1. The molecule has 0 atom stereocenters. The van der Waals surface area contributed by atoms with Gasteiger partial charge in [0.15, 0.2) is 0 Å². The minimum atomic E-state index is 0. The molecule has 0 bridgehead atoms. The van der Waals surface area contributed by atoms with Crippen LogP contribution in [0.4, 0.5) is 5.69 Å². The third kappa shape index (κ3) is 3.34. The first-order valence-electron chi connectivity index (χ1n) is 4.29. The fourth-order valence-electron chi connectivity index (χ4n) is 1.39. The van der Waals surface area contributed by atoms with Crippen molar-refractivity contribution in [3.05, 3.63) is 24.5 Å². The predicted molar refractivity (Wildman–Crippen MR) is 64.0 cm³/mol. The summed E-state index contributed by atoms with van der Waals surface area (Å²) in [5.74, 6) is 0.110. The van der Waals surface area contributed by atoms with Crippen LogP contribution in [0.15, 0.2) is 24.5 Å². The second-order valence-corrected chi connectivity index (χ2v) is 2.93. The van der Waals surface area contributed by atoms with Crippen LogP contribution in [0.2, 0.25) is 0 Å². The van der Waals surface area contributed by atoms with Crippen LogP contribution in [0.5, 0.6) is 0 Å². The van der Waals surface area contributed by atoms with E-state index >= 15 is 0 Å². The first kappa shape index (κ1) is 14.2. The Balaban J connectivity index is 0.000000980. The molecule has 0 aliphatic carbocycles. The van der Waals surface area contributed by atoms with E-state index in [-0.39, 0.29) is 30.7 Å². The molecule has 1 saturated heterocycles. The summed E-state index contributed by atoms with van der Waals surface area (Å²) in [6, 6.07) is 3.74. The normalized spacial score (nSPS) is 15.2. The Bertz CT molecular complexity index is 307. The number of amides is 1. The number of pyridine rings is 1. The molecule has 2 rings (SSSR count). The highest BCUT2D eigenvalue weighted by molar-refractivity contribution is 5.95. The molecule has 2 heterocycles. The Labute approximate surface area is 101 Å². The highest BCUT2D eigenvalue weighted by Crippen LogP contribution is 2.12. The van der Waals surface area contributed by atoms with E-state index in [1.807, 2.05) is 12.1 Å². The second-order valence-electron chi connectivity index (χ2n) is 2.93. The first-order valence-corrected chi connectivity index (χ1v) is 4.29. The number of carbonyl (C=O) groups is 1. The van der Waals surface area contributed by atoms with Gasteiger partial charge in [0.2, 0.25) is 5.91 Å². The molecule has 1 fully saturated rings. The maximum absolute atomic E-state index is 11.4. The Morgan fingerprint density at radius 3 is 2.80 bits per heavy atom. The van der Waals surface area contributed by atoms with Gasteiger partial charge in [0.1, 0.15) is 0 Å². The number of anilines is 1. The van der Waals surface area contributed by atoms with Crippen LogP contribution in [-0.4, -0.2) is 30.5 Å². The minimum absolute atomic E-state index is 0. The fourth-order valence-corrected chi connectivity index (χ4v) is 1.39. The molecule has 1 aromatic heterocycles. The van der Waals surface area contributed by atoms with Gasteiger partial charge in [-0.3, -0.25) is 9.78 Å². The highest BCUT2D eigenvalue weighted by atomic mass is 35.5. The monoisotopic (exact) mass is 249 g/mol. The van der Waals surface area contributed by atoms with Gasteiger partial charge in [0.05, 0.1) is 18.4 Å². The van der Waals surface area contributed by atoms with Crippen molar-refractivity contribution in [3.63, 3.8) is 0 Å². The van der Waals surface area contributed by atoms with Gasteiger partial charge in [-0.05, 0) is 12.1 Å². The van der Waals surface area contributed by atoms with Gasteiger partial charge in [-0.15, -0.1) is 24.8 Å². The van der Waals surface area contributed by atoms with Crippen molar-refractivity contribution >= 4 is 36.4 Å². The van der Waals surface area contributed by atoms with E-state index in [1.165, 1.54) is 0 Å². The van der Waals surface area contributed by atoms with Crippen LogP contribution in [0.25, 0.3) is 0 Å². The lowest BCUT2D eigenvalue weighted by molar-refractivity contribution is -0.118. The van der Waals surface area contributed by atoms with Crippen LogP contribution >= 0.6 is 24.8 Å². The number of nitrogens with one attached hydrogen (secondary N) is 1. The van der Waals surface area contributed by atoms with E-state index in [2.05, 4.69) is 10.3 Å². The van der Waals surface area contributed by atoms with Crippen molar-refractivity contribution in [2.75, 3.05) is 24.5 Å². The number of nitrogens with zero attached hydrogens (tertiary/aromatic N) is 2. The standard InChI is InChI=1S/C9H11N3O.2ClH/c13-9-7-11-4-5-12(9)8-2-1-3-10-6-8;;/h1-3,6,11H,4-5,7H2;2*1H. The topological polar surface area (TPSA) is 45.2 Å². The number of hydrogen-bond donors (Lipinski definition) is 1. The molecule has 0 radical (unpaired) electrons. The molecule has 1 aromatic rings. The summed E-state index contributed by atoms with van der Waals surface area (Å²) in [6.07, 6.45) is 3.42. The molecule has 1 N–H and O–H groups in total. The van der Waals surface area contributed by atoms with Gasteiger partial charge < -0.3 is 10.2 Å². The molecule has 84 valence electrons. The number of halogens is 2. The number of hydrogen-bond acceptors (Lipinski definition) is 3. The van der Waals surface area contributed by atoms with Crippen LogP contribution in [0.3, 0.4) is 0 Å². The molecule has 0 unspecified atom stereocenters. The van der Waals surface area contributed by atoms with Gasteiger partial charge in [0.25, 0.3) is 0 Å². The zero-order valence-corrected chi connectivity index (χ0v) is 9.68. The Kier molecular flexibility index (Phi) is 6.24. The number of carbonyl (C=O) groups excluding carboxylic acids is 1. The van der Waals surface area contributed by atoms with Crippen molar-refractivity contribution in [1.82, 2.24) is 10.3 Å². The summed E-state index contributed by atoms with van der Waals surface area (Å²) in [5, 5.41) is 3.02. The molecule has 0 saturated carbocycles. The van der Waals surface area contributed by atoms with Crippen molar-refractivity contribution in [3.8, 4) is 0 Å². The quantitative estimate of drug-likeness (QED) is 0.804. The Morgan fingerprint density at radius 1 is 1.40 bits per heavy atom. The lowest BCUT2D eigenvalue weighted by Crippen LogP contribution is -2.48. The van der Waals surface area contributed by atoms with Crippen LogP contribution in [-0.2, 0) is 4.79 Å². The van der Waals surface area contributed by atoms with Crippen molar-refractivity contribution in [2.24, 2.45) is 0 Å². The van der Waals surface area contributed by atoms with Gasteiger partial charge in [-0.25, -0.2) is 0 Å². The summed E-state index contributed by atoms with van der Waals surface area (Å²) in [5.41, 5.74) is 0.883. The van der Waals surface area contributed by atoms with Gasteiger partial charge >= 0.3 is 0 Å². The fraction of sp³-hybridized carbons (Fsp3) is 0.333. The third-order valence-electron chi connectivity index (χ3n) is 2.05. The molecule has 15 heavy (non-hydrogen) atoms. The highest BCUT2D eigenvalue weighted by Gasteiger charge is 2.18. The second kappa shape index (κ2) is 6.61. The van der Waals surface area contributed by atoms with Gasteiger partial charge in [-0.1, -0.05) is 0 Å². The van der Waals surface area contributed by atoms with E-state index in [0.29, 0.717) is 6.54 Å². The molecular formula is C9H13Cl2N3O. The van der Waals surface area contributed by atoms with E-state index < -0.39 is 0 Å². The van der Waals surface area contributed by atoms with E-state index in [1.54, 1.807) is 17.3 Å². The maximum atomic E-state index is 11.4. The molecule has 1 amide bonds. The summed E-state index contributed by atoms with van der Waals surface area (Å²) >= 11 is 0. The Morgan fingerprint density at radius 2 is 2.20 bits per heavy atom. The molecule has 4 nitrogen and oxygen atoms in total. The summed E-state index contributed by atoms with van der Waals surface area (Å²) in [7, 11) is 0. The lowest BCUT2D eigenvalue weighted by Gasteiger charge is -2.26. The maximum Gasteiger partial charge on any atom is 0.241 e. The van der Waals surface area contributed by atoms with Crippen molar-refractivity contribution in [2.45, 2.75) is 0 Å². The minimum Gasteiger partial charge on any atom is -0.309 e. The summed E-state index contributed by atoms with van der Waals surface area (Å²) in [4.78, 5) is 17.2. The molecule has 0 spiro atoms. The van der Waals surface area contributed by atoms with Crippen LogP contribution in [0, 0.1) is 0 Å². The number of aromatic nitrogens is 1. The van der Waals surface area contributed by atoms with Crippen LogP contribution < -0.4 is 10.2 Å². The summed E-state index contributed by atoms with van der Waals surface area (Å²) < 4.78 is 0. The predicted octanol–water partition coefficient (Wildman–Crippen LogP) is 0.861.